The van der Waals surface area contributed by atoms with Crippen LogP contribution in [0.3, 0.4) is 0 Å². The first-order chi connectivity index (χ1) is 9.87. The van der Waals surface area contributed by atoms with Crippen molar-refractivity contribution in [3.8, 4) is 0 Å². The molecular formula is C14H19NO4S2. The van der Waals surface area contributed by atoms with Crippen molar-refractivity contribution >= 4 is 19.9 Å². The van der Waals surface area contributed by atoms with E-state index in [-0.39, 0.29) is 10.6 Å². The van der Waals surface area contributed by atoms with Gasteiger partial charge in [0.25, 0.3) is 0 Å². The predicted octanol–water partition coefficient (Wildman–Crippen LogP) is 1.79. The summed E-state index contributed by atoms with van der Waals surface area (Å²) in [5, 5.41) is 1.11. The summed E-state index contributed by atoms with van der Waals surface area (Å²) in [6.07, 6.45) is 2.99. The summed E-state index contributed by atoms with van der Waals surface area (Å²) in [7, 11) is -6.98. The fourth-order valence-corrected chi connectivity index (χ4v) is 5.28. The van der Waals surface area contributed by atoms with Crippen LogP contribution in [0.2, 0.25) is 0 Å². The van der Waals surface area contributed by atoms with Crippen LogP contribution in [0.1, 0.15) is 19.8 Å². The van der Waals surface area contributed by atoms with Gasteiger partial charge in [-0.05, 0) is 18.6 Å². The van der Waals surface area contributed by atoms with Gasteiger partial charge in [0, 0.05) is 12.0 Å². The molecule has 1 atom stereocenters. The zero-order chi connectivity index (χ0) is 15.5. The van der Waals surface area contributed by atoms with E-state index in [0.717, 1.165) is 11.8 Å². The Balaban J connectivity index is 2.35. The summed E-state index contributed by atoms with van der Waals surface area (Å²) in [5.41, 5.74) is 0. The third-order valence-electron chi connectivity index (χ3n) is 3.36. The Bertz CT molecular complexity index is 709. The van der Waals surface area contributed by atoms with Gasteiger partial charge in [0.15, 0.2) is 9.84 Å². The van der Waals surface area contributed by atoms with Crippen molar-refractivity contribution < 1.29 is 16.8 Å². The second-order valence-corrected chi connectivity index (χ2v) is 8.83. The SMILES string of the molecule is CCCCN(C1C=CS(=O)(=O)C1)S(=O)(=O)c1ccccc1. The van der Waals surface area contributed by atoms with Gasteiger partial charge in [0.1, 0.15) is 0 Å². The second-order valence-electron chi connectivity index (χ2n) is 5.01. The first-order valence-electron chi connectivity index (χ1n) is 6.84. The number of hydrogen-bond donors (Lipinski definition) is 0. The van der Waals surface area contributed by atoms with Crippen molar-refractivity contribution in [2.75, 3.05) is 12.3 Å². The average molecular weight is 329 g/mol. The first kappa shape index (κ1) is 16.2. The number of benzene rings is 1. The highest BCUT2D eigenvalue weighted by Gasteiger charge is 2.34. The maximum absolute atomic E-state index is 12.7. The minimum absolute atomic E-state index is 0.178. The van der Waals surface area contributed by atoms with Crippen molar-refractivity contribution in [3.63, 3.8) is 0 Å². The van der Waals surface area contributed by atoms with Gasteiger partial charge in [-0.1, -0.05) is 37.6 Å². The van der Waals surface area contributed by atoms with E-state index in [9.17, 15) is 16.8 Å². The van der Waals surface area contributed by atoms with Gasteiger partial charge >= 0.3 is 0 Å². The summed E-state index contributed by atoms with van der Waals surface area (Å²) >= 11 is 0. The fourth-order valence-electron chi connectivity index (χ4n) is 2.24. The molecule has 1 heterocycles. The molecule has 1 aliphatic heterocycles. The normalized spacial score (nSPS) is 21.0. The number of hydrogen-bond acceptors (Lipinski definition) is 4. The third-order valence-corrected chi connectivity index (χ3v) is 6.68. The Morgan fingerprint density at radius 1 is 1.24 bits per heavy atom. The van der Waals surface area contributed by atoms with E-state index in [4.69, 9.17) is 0 Å². The van der Waals surface area contributed by atoms with E-state index in [0.29, 0.717) is 13.0 Å². The van der Waals surface area contributed by atoms with Crippen molar-refractivity contribution in [2.24, 2.45) is 0 Å². The molecule has 0 aliphatic carbocycles. The molecule has 0 fully saturated rings. The van der Waals surface area contributed by atoms with Gasteiger partial charge < -0.3 is 0 Å². The van der Waals surface area contributed by atoms with Crippen LogP contribution in [0.25, 0.3) is 0 Å². The zero-order valence-electron chi connectivity index (χ0n) is 11.8. The lowest BCUT2D eigenvalue weighted by atomic mass is 10.3. The summed E-state index contributed by atoms with van der Waals surface area (Å²) in [6.45, 7) is 2.28. The predicted molar refractivity (Wildman–Crippen MR) is 82.0 cm³/mol. The molecule has 1 aromatic carbocycles. The van der Waals surface area contributed by atoms with Gasteiger partial charge in [-0.15, -0.1) is 0 Å². The van der Waals surface area contributed by atoms with Gasteiger partial charge in [-0.3, -0.25) is 0 Å². The molecule has 0 radical (unpaired) electrons. The van der Waals surface area contributed by atoms with Crippen LogP contribution in [0.5, 0.6) is 0 Å². The quantitative estimate of drug-likeness (QED) is 0.798. The molecule has 1 aliphatic rings. The van der Waals surface area contributed by atoms with E-state index < -0.39 is 25.9 Å². The molecule has 0 aromatic heterocycles. The number of unbranched alkanes of at least 4 members (excludes halogenated alkanes) is 1. The van der Waals surface area contributed by atoms with Crippen LogP contribution in [0.15, 0.2) is 46.7 Å². The number of sulfone groups is 1. The second kappa shape index (κ2) is 6.29. The highest BCUT2D eigenvalue weighted by Crippen LogP contribution is 2.23. The fraction of sp³-hybridized carbons (Fsp3) is 0.429. The molecule has 0 bridgehead atoms. The first-order valence-corrected chi connectivity index (χ1v) is 10.0. The van der Waals surface area contributed by atoms with E-state index in [1.807, 2.05) is 6.92 Å². The van der Waals surface area contributed by atoms with Gasteiger partial charge in [0.05, 0.1) is 16.7 Å². The van der Waals surface area contributed by atoms with Crippen molar-refractivity contribution in [1.29, 1.82) is 0 Å². The standard InChI is InChI=1S/C14H19NO4S2/c1-2-3-10-15(13-9-11-20(16,17)12-13)21(18,19)14-7-5-4-6-8-14/h4-9,11,13H,2-3,10,12H2,1H3. The van der Waals surface area contributed by atoms with Crippen LogP contribution in [-0.4, -0.2) is 39.5 Å². The highest BCUT2D eigenvalue weighted by molar-refractivity contribution is 7.94. The summed E-state index contributed by atoms with van der Waals surface area (Å²) in [4.78, 5) is 0.193. The molecule has 0 spiro atoms. The molecule has 21 heavy (non-hydrogen) atoms. The van der Waals surface area contributed by atoms with Crippen LogP contribution in [0, 0.1) is 0 Å². The molecule has 0 saturated carbocycles. The zero-order valence-corrected chi connectivity index (χ0v) is 13.5. The van der Waals surface area contributed by atoms with Crippen molar-refractivity contribution in [1.82, 2.24) is 4.31 Å². The Hall–Kier alpha value is -1.18. The number of rotatable bonds is 6. The molecule has 116 valence electrons. The van der Waals surface area contributed by atoms with Gasteiger partial charge in [-0.2, -0.15) is 4.31 Å². The van der Waals surface area contributed by atoms with Crippen molar-refractivity contribution in [2.45, 2.75) is 30.7 Å². The van der Waals surface area contributed by atoms with Crippen LogP contribution in [-0.2, 0) is 19.9 Å². The summed E-state index contributed by atoms with van der Waals surface area (Å²) < 4.78 is 49.9. The van der Waals surface area contributed by atoms with Gasteiger partial charge in [-0.25, -0.2) is 16.8 Å². The maximum Gasteiger partial charge on any atom is 0.243 e. The van der Waals surface area contributed by atoms with Crippen LogP contribution >= 0.6 is 0 Å². The summed E-state index contributed by atoms with van der Waals surface area (Å²) in [5.74, 6) is -0.178. The smallest absolute Gasteiger partial charge is 0.224 e. The molecule has 2 rings (SSSR count). The Morgan fingerprint density at radius 3 is 2.43 bits per heavy atom. The lowest BCUT2D eigenvalue weighted by Crippen LogP contribution is -2.41. The third kappa shape index (κ3) is 3.72. The van der Waals surface area contributed by atoms with Crippen LogP contribution in [0.4, 0.5) is 0 Å². The maximum atomic E-state index is 12.7. The monoisotopic (exact) mass is 329 g/mol. The molecule has 1 aromatic rings. The molecule has 0 N–H and O–H groups in total. The summed E-state index contributed by atoms with van der Waals surface area (Å²) in [6, 6.07) is 7.50. The Labute approximate surface area is 126 Å². The minimum Gasteiger partial charge on any atom is -0.224 e. The largest absolute Gasteiger partial charge is 0.243 e. The van der Waals surface area contributed by atoms with E-state index in [1.54, 1.807) is 18.2 Å². The lowest BCUT2D eigenvalue weighted by molar-refractivity contribution is 0.374. The van der Waals surface area contributed by atoms with Gasteiger partial charge in [0.2, 0.25) is 10.0 Å². The minimum atomic E-state index is -3.69. The molecule has 0 saturated heterocycles. The van der Waals surface area contributed by atoms with Crippen molar-refractivity contribution in [3.05, 3.63) is 41.8 Å². The van der Waals surface area contributed by atoms with Crippen LogP contribution < -0.4 is 0 Å². The molecule has 1 unspecified atom stereocenters. The Morgan fingerprint density at radius 2 is 1.90 bits per heavy atom. The van der Waals surface area contributed by atoms with E-state index in [1.165, 1.54) is 22.5 Å². The van der Waals surface area contributed by atoms with E-state index in [2.05, 4.69) is 0 Å². The molecular weight excluding hydrogens is 310 g/mol. The number of sulfonamides is 1. The topological polar surface area (TPSA) is 71.5 Å². The highest BCUT2D eigenvalue weighted by atomic mass is 32.2. The molecule has 7 heteroatoms. The molecule has 5 nitrogen and oxygen atoms in total. The average Bonchev–Trinajstić information content (AvgIpc) is 2.80. The lowest BCUT2D eigenvalue weighted by Gasteiger charge is -2.26. The number of nitrogens with zero attached hydrogens (tertiary/aromatic N) is 1. The van der Waals surface area contributed by atoms with E-state index >= 15 is 0 Å². The Kier molecular flexibility index (Phi) is 4.85. The molecule has 0 amide bonds.